The summed E-state index contributed by atoms with van der Waals surface area (Å²) in [5.74, 6) is 2.26. The van der Waals surface area contributed by atoms with Crippen LogP contribution in [0.2, 0.25) is 0 Å². The van der Waals surface area contributed by atoms with Crippen molar-refractivity contribution in [1.29, 1.82) is 0 Å². The van der Waals surface area contributed by atoms with E-state index in [1.54, 1.807) is 31.8 Å². The molecule has 0 spiro atoms. The van der Waals surface area contributed by atoms with Crippen LogP contribution in [-0.4, -0.2) is 30.6 Å². The first-order chi connectivity index (χ1) is 14.7. The molecule has 7 heteroatoms. The van der Waals surface area contributed by atoms with Gasteiger partial charge < -0.3 is 13.9 Å². The van der Waals surface area contributed by atoms with E-state index in [0.29, 0.717) is 6.04 Å². The van der Waals surface area contributed by atoms with Crippen molar-refractivity contribution in [1.82, 2.24) is 4.68 Å². The van der Waals surface area contributed by atoms with Gasteiger partial charge in [0.25, 0.3) is 0 Å². The summed E-state index contributed by atoms with van der Waals surface area (Å²) in [5.41, 5.74) is 2.61. The summed E-state index contributed by atoms with van der Waals surface area (Å²) in [6, 6.07) is 9.91. The van der Waals surface area contributed by atoms with E-state index >= 15 is 0 Å². The summed E-state index contributed by atoms with van der Waals surface area (Å²) in [6.45, 7) is 1.94. The fourth-order valence-corrected chi connectivity index (χ4v) is 4.63. The van der Waals surface area contributed by atoms with Gasteiger partial charge in [-0.1, -0.05) is 19.3 Å². The molecule has 1 aromatic carbocycles. The fraction of sp³-hybridized carbons (Fsp3) is 0.391. The minimum absolute atomic E-state index is 0.350. The molecule has 1 aliphatic rings. The van der Waals surface area contributed by atoms with Crippen molar-refractivity contribution in [3.05, 3.63) is 52.5 Å². The van der Waals surface area contributed by atoms with Crippen molar-refractivity contribution >= 4 is 17.0 Å². The zero-order valence-corrected chi connectivity index (χ0v) is 18.4. The predicted octanol–water partition coefficient (Wildman–Crippen LogP) is 5.33. The summed E-state index contributed by atoms with van der Waals surface area (Å²) in [7, 11) is 3.34. The van der Waals surface area contributed by atoms with Crippen molar-refractivity contribution in [2.45, 2.75) is 45.1 Å². The van der Waals surface area contributed by atoms with E-state index in [2.05, 4.69) is 5.38 Å². The highest BCUT2D eigenvalue weighted by Crippen LogP contribution is 2.34. The molecule has 0 saturated heterocycles. The van der Waals surface area contributed by atoms with Crippen LogP contribution in [0.25, 0.3) is 11.3 Å². The number of furan rings is 1. The molecule has 1 saturated carbocycles. The summed E-state index contributed by atoms with van der Waals surface area (Å²) >= 11 is 1.60. The number of aromatic nitrogens is 1. The Kier molecular flexibility index (Phi) is 6.38. The average Bonchev–Trinajstić information content (AvgIpc) is 3.45. The maximum absolute atomic E-state index is 5.63. The van der Waals surface area contributed by atoms with Gasteiger partial charge in [0, 0.05) is 10.9 Å². The van der Waals surface area contributed by atoms with Gasteiger partial charge in [0.05, 0.1) is 32.2 Å². The Morgan fingerprint density at radius 1 is 1.13 bits per heavy atom. The molecule has 0 unspecified atom stereocenters. The molecule has 0 amide bonds. The van der Waals surface area contributed by atoms with E-state index in [1.807, 2.05) is 41.9 Å². The lowest BCUT2D eigenvalue weighted by atomic mass is 9.96. The van der Waals surface area contributed by atoms with Gasteiger partial charge in [0.2, 0.25) is 4.80 Å². The second-order valence-corrected chi connectivity index (χ2v) is 8.20. The number of benzene rings is 1. The number of methoxy groups -OCH3 is 2. The molecule has 0 radical (unpaired) electrons. The first kappa shape index (κ1) is 20.5. The SMILES string of the molecule is COc1ccc(OC)c(-c2csc(=NC3CCCCC3)n2N=C(C)c2ccco2)c1. The zero-order chi connectivity index (χ0) is 20.9. The van der Waals surface area contributed by atoms with Crippen molar-refractivity contribution in [3.63, 3.8) is 0 Å². The molecule has 3 aromatic rings. The van der Waals surface area contributed by atoms with Crippen LogP contribution in [-0.2, 0) is 0 Å². The van der Waals surface area contributed by atoms with Crippen molar-refractivity contribution < 1.29 is 13.9 Å². The van der Waals surface area contributed by atoms with Gasteiger partial charge in [-0.3, -0.25) is 4.99 Å². The highest BCUT2D eigenvalue weighted by molar-refractivity contribution is 7.07. The van der Waals surface area contributed by atoms with Gasteiger partial charge in [0.1, 0.15) is 23.0 Å². The first-order valence-electron chi connectivity index (χ1n) is 10.3. The molecule has 0 atom stereocenters. The molecule has 6 nitrogen and oxygen atoms in total. The van der Waals surface area contributed by atoms with E-state index in [9.17, 15) is 0 Å². The lowest BCUT2D eigenvalue weighted by Gasteiger charge is -2.17. The van der Waals surface area contributed by atoms with Gasteiger partial charge in [-0.05, 0) is 50.1 Å². The standard InChI is InChI=1S/C23H27N3O3S/c1-16(21-10-7-13-29-21)25-26-20(19-14-18(27-2)11-12-22(19)28-3)15-30-23(26)24-17-8-5-4-6-9-17/h7,10-15,17H,4-6,8-9H2,1-3H3. The molecule has 0 bridgehead atoms. The van der Waals surface area contributed by atoms with E-state index in [-0.39, 0.29) is 0 Å². The predicted molar refractivity (Wildman–Crippen MR) is 120 cm³/mol. The van der Waals surface area contributed by atoms with Crippen LogP contribution in [0.3, 0.4) is 0 Å². The molecular formula is C23H27N3O3S. The molecule has 0 N–H and O–H groups in total. The van der Waals surface area contributed by atoms with Crippen molar-refractivity contribution in [3.8, 4) is 22.8 Å². The molecule has 2 heterocycles. The first-order valence-corrected chi connectivity index (χ1v) is 11.1. The normalized spacial score (nSPS) is 16.1. The summed E-state index contributed by atoms with van der Waals surface area (Å²) in [5, 5.41) is 6.98. The Balaban J connectivity index is 1.87. The maximum Gasteiger partial charge on any atom is 0.206 e. The van der Waals surface area contributed by atoms with Crippen molar-refractivity contribution in [2.24, 2.45) is 10.1 Å². The fourth-order valence-electron chi connectivity index (χ4n) is 3.74. The van der Waals surface area contributed by atoms with E-state index in [0.717, 1.165) is 51.9 Å². The maximum atomic E-state index is 5.63. The Labute approximate surface area is 180 Å². The van der Waals surface area contributed by atoms with E-state index in [1.165, 1.54) is 19.3 Å². The third kappa shape index (κ3) is 4.36. The molecule has 2 aromatic heterocycles. The summed E-state index contributed by atoms with van der Waals surface area (Å²) < 4.78 is 18.5. The second kappa shape index (κ2) is 9.34. The van der Waals surface area contributed by atoms with Crippen LogP contribution in [0.4, 0.5) is 0 Å². The summed E-state index contributed by atoms with van der Waals surface area (Å²) in [4.78, 5) is 5.95. The quantitative estimate of drug-likeness (QED) is 0.501. The highest BCUT2D eigenvalue weighted by Gasteiger charge is 2.17. The lowest BCUT2D eigenvalue weighted by Crippen LogP contribution is -2.19. The van der Waals surface area contributed by atoms with Gasteiger partial charge in [-0.2, -0.15) is 5.10 Å². The number of ether oxygens (including phenoxy) is 2. The number of thiazole rings is 1. The summed E-state index contributed by atoms with van der Waals surface area (Å²) in [6.07, 6.45) is 7.72. The van der Waals surface area contributed by atoms with Crippen LogP contribution >= 0.6 is 11.3 Å². The largest absolute Gasteiger partial charge is 0.497 e. The van der Waals surface area contributed by atoms with Gasteiger partial charge in [-0.25, -0.2) is 4.68 Å². The Morgan fingerprint density at radius 3 is 2.67 bits per heavy atom. The second-order valence-electron chi connectivity index (χ2n) is 7.37. The van der Waals surface area contributed by atoms with E-state index < -0.39 is 0 Å². The Hall–Kier alpha value is -2.80. The minimum atomic E-state index is 0.350. The zero-order valence-electron chi connectivity index (χ0n) is 17.6. The van der Waals surface area contributed by atoms with Crippen LogP contribution in [0.15, 0.2) is 56.5 Å². The van der Waals surface area contributed by atoms with Gasteiger partial charge >= 0.3 is 0 Å². The van der Waals surface area contributed by atoms with Crippen LogP contribution < -0.4 is 14.3 Å². The van der Waals surface area contributed by atoms with E-state index in [4.69, 9.17) is 24.0 Å². The topological polar surface area (TPSA) is 61.2 Å². The number of nitrogens with zero attached hydrogens (tertiary/aromatic N) is 3. The molecular weight excluding hydrogens is 398 g/mol. The highest BCUT2D eigenvalue weighted by atomic mass is 32.1. The monoisotopic (exact) mass is 425 g/mol. The van der Waals surface area contributed by atoms with Crippen LogP contribution in [0, 0.1) is 0 Å². The molecule has 4 rings (SSSR count). The molecule has 1 fully saturated rings. The average molecular weight is 426 g/mol. The van der Waals surface area contributed by atoms with Crippen LogP contribution in [0.1, 0.15) is 44.8 Å². The smallest absolute Gasteiger partial charge is 0.206 e. The molecule has 158 valence electrons. The molecule has 30 heavy (non-hydrogen) atoms. The number of hydrogen-bond acceptors (Lipinski definition) is 6. The van der Waals surface area contributed by atoms with Crippen LogP contribution in [0.5, 0.6) is 11.5 Å². The number of rotatable bonds is 6. The van der Waals surface area contributed by atoms with Gasteiger partial charge in [0.15, 0.2) is 0 Å². The number of hydrogen-bond donors (Lipinski definition) is 0. The minimum Gasteiger partial charge on any atom is -0.497 e. The third-order valence-corrected chi connectivity index (χ3v) is 6.19. The lowest BCUT2D eigenvalue weighted by molar-refractivity contribution is 0.404. The Morgan fingerprint density at radius 2 is 1.97 bits per heavy atom. The van der Waals surface area contributed by atoms with Crippen molar-refractivity contribution in [2.75, 3.05) is 14.2 Å². The molecule has 0 aliphatic heterocycles. The van der Waals surface area contributed by atoms with Gasteiger partial charge in [-0.15, -0.1) is 11.3 Å². The molecule has 1 aliphatic carbocycles. The third-order valence-electron chi connectivity index (χ3n) is 5.36. The Bertz CT molecular complexity index is 1070.